The molecule has 2 aromatic heterocycles. The largest absolute Gasteiger partial charge is 0.314 e. The Bertz CT molecular complexity index is 678. The van der Waals surface area contributed by atoms with Crippen LogP contribution in [0.3, 0.4) is 0 Å². The molecule has 0 aliphatic carbocycles. The van der Waals surface area contributed by atoms with Crippen molar-refractivity contribution in [2.75, 3.05) is 26.2 Å². The van der Waals surface area contributed by atoms with Gasteiger partial charge in [0.15, 0.2) is 0 Å². The number of hydrogen-bond donors (Lipinski definition) is 1. The molecule has 2 nitrogen and oxygen atoms in total. The van der Waals surface area contributed by atoms with Gasteiger partial charge in [-0.2, -0.15) is 11.3 Å². The van der Waals surface area contributed by atoms with Gasteiger partial charge < -0.3 is 5.32 Å². The van der Waals surface area contributed by atoms with E-state index in [1.54, 1.807) is 11.3 Å². The first kappa shape index (κ1) is 13.5. The smallest absolute Gasteiger partial charge is 0.0705 e. The van der Waals surface area contributed by atoms with Crippen molar-refractivity contribution in [1.29, 1.82) is 0 Å². The van der Waals surface area contributed by atoms with Crippen molar-refractivity contribution >= 4 is 32.8 Å². The Hall–Kier alpha value is -1.20. The first-order chi connectivity index (χ1) is 10.4. The number of nitrogens with one attached hydrogen (secondary N) is 1. The molecule has 3 heterocycles. The van der Waals surface area contributed by atoms with Gasteiger partial charge in [-0.15, -0.1) is 11.3 Å². The Labute approximate surface area is 133 Å². The van der Waals surface area contributed by atoms with Crippen molar-refractivity contribution < 1.29 is 0 Å². The van der Waals surface area contributed by atoms with Crippen molar-refractivity contribution in [3.05, 3.63) is 57.6 Å². The molecule has 1 fully saturated rings. The topological polar surface area (TPSA) is 15.3 Å². The fourth-order valence-corrected chi connectivity index (χ4v) is 4.97. The van der Waals surface area contributed by atoms with Crippen LogP contribution in [0.1, 0.15) is 16.5 Å². The van der Waals surface area contributed by atoms with Gasteiger partial charge in [-0.25, -0.2) is 0 Å². The molecule has 1 atom stereocenters. The van der Waals surface area contributed by atoms with Crippen LogP contribution in [0, 0.1) is 0 Å². The molecule has 21 heavy (non-hydrogen) atoms. The summed E-state index contributed by atoms with van der Waals surface area (Å²) < 4.78 is 1.39. The molecule has 0 radical (unpaired) electrons. The molecular weight excluding hydrogens is 296 g/mol. The summed E-state index contributed by atoms with van der Waals surface area (Å²) in [4.78, 5) is 4.08. The molecule has 0 saturated carbocycles. The molecule has 0 bridgehead atoms. The Kier molecular flexibility index (Phi) is 3.78. The third-order valence-electron chi connectivity index (χ3n) is 4.09. The molecule has 1 saturated heterocycles. The van der Waals surface area contributed by atoms with Crippen molar-refractivity contribution in [1.82, 2.24) is 10.2 Å². The van der Waals surface area contributed by atoms with Crippen LogP contribution in [0.25, 0.3) is 10.1 Å². The number of piperazine rings is 1. The number of thiophene rings is 2. The lowest BCUT2D eigenvalue weighted by Crippen LogP contribution is -2.45. The van der Waals surface area contributed by atoms with Gasteiger partial charge in [0.2, 0.25) is 0 Å². The van der Waals surface area contributed by atoms with E-state index in [0.29, 0.717) is 6.04 Å². The van der Waals surface area contributed by atoms with Crippen LogP contribution in [0.5, 0.6) is 0 Å². The van der Waals surface area contributed by atoms with E-state index in [2.05, 4.69) is 57.4 Å². The maximum atomic E-state index is 3.46. The number of nitrogens with zero attached hydrogens (tertiary/aromatic N) is 1. The zero-order valence-corrected chi connectivity index (χ0v) is 13.4. The van der Waals surface area contributed by atoms with Crippen LogP contribution >= 0.6 is 22.7 Å². The summed E-state index contributed by atoms with van der Waals surface area (Å²) in [6.07, 6.45) is 0. The zero-order chi connectivity index (χ0) is 14.1. The molecule has 0 amide bonds. The summed E-state index contributed by atoms with van der Waals surface area (Å²) in [5, 5.41) is 9.32. The van der Waals surface area contributed by atoms with Crippen molar-refractivity contribution in [3.8, 4) is 0 Å². The van der Waals surface area contributed by atoms with Gasteiger partial charge in [0.25, 0.3) is 0 Å². The quantitative estimate of drug-likeness (QED) is 0.787. The molecule has 1 aromatic carbocycles. The zero-order valence-electron chi connectivity index (χ0n) is 11.8. The number of rotatable bonds is 3. The van der Waals surface area contributed by atoms with E-state index < -0.39 is 0 Å². The van der Waals surface area contributed by atoms with E-state index in [-0.39, 0.29) is 0 Å². The lowest BCUT2D eigenvalue weighted by atomic mass is 10.1. The number of benzene rings is 1. The van der Waals surface area contributed by atoms with Crippen LogP contribution < -0.4 is 5.32 Å². The lowest BCUT2D eigenvalue weighted by Gasteiger charge is -2.34. The second-order valence-electron chi connectivity index (χ2n) is 5.43. The third kappa shape index (κ3) is 2.64. The second kappa shape index (κ2) is 5.89. The molecule has 1 unspecified atom stereocenters. The summed E-state index contributed by atoms with van der Waals surface area (Å²) >= 11 is 3.74. The maximum absolute atomic E-state index is 3.46. The predicted octanol–water partition coefficient (Wildman–Crippen LogP) is 3.96. The lowest BCUT2D eigenvalue weighted by molar-refractivity contribution is 0.201. The fourth-order valence-electron chi connectivity index (χ4n) is 3.06. The van der Waals surface area contributed by atoms with Crippen molar-refractivity contribution in [3.63, 3.8) is 0 Å². The van der Waals surface area contributed by atoms with E-state index >= 15 is 0 Å². The van der Waals surface area contributed by atoms with Crippen LogP contribution in [0.15, 0.2) is 47.2 Å². The van der Waals surface area contributed by atoms with Gasteiger partial charge in [-0.3, -0.25) is 4.90 Å². The van der Waals surface area contributed by atoms with Gasteiger partial charge in [-0.1, -0.05) is 18.2 Å². The minimum Gasteiger partial charge on any atom is -0.314 e. The summed E-state index contributed by atoms with van der Waals surface area (Å²) in [5.41, 5.74) is 1.44. The third-order valence-corrected chi connectivity index (χ3v) is 5.96. The van der Waals surface area contributed by atoms with Gasteiger partial charge in [0.05, 0.1) is 6.04 Å². The van der Waals surface area contributed by atoms with Crippen molar-refractivity contribution in [2.45, 2.75) is 6.04 Å². The van der Waals surface area contributed by atoms with E-state index in [1.807, 2.05) is 11.3 Å². The van der Waals surface area contributed by atoms with Crippen LogP contribution in [-0.4, -0.2) is 31.1 Å². The molecule has 1 N–H and O–H groups in total. The molecule has 3 aromatic rings. The van der Waals surface area contributed by atoms with Crippen LogP contribution in [0.4, 0.5) is 0 Å². The summed E-state index contributed by atoms with van der Waals surface area (Å²) in [6.45, 7) is 4.42. The highest BCUT2D eigenvalue weighted by Crippen LogP contribution is 2.37. The molecule has 4 heteroatoms. The standard InChI is InChI=1S/C17H18N2S2/c1-2-4-15-13(3-1)11-16(21-15)17(14-5-10-20-12-14)19-8-6-18-7-9-19/h1-5,10-12,17-18H,6-9H2. The second-order valence-corrected chi connectivity index (χ2v) is 7.33. The van der Waals surface area contributed by atoms with Gasteiger partial charge in [0.1, 0.15) is 0 Å². The van der Waals surface area contributed by atoms with E-state index in [4.69, 9.17) is 0 Å². The maximum Gasteiger partial charge on any atom is 0.0705 e. The van der Waals surface area contributed by atoms with Gasteiger partial charge in [-0.05, 0) is 39.9 Å². The SMILES string of the molecule is c1ccc2sc(C(c3ccsc3)N3CCNCC3)cc2c1. The van der Waals surface area contributed by atoms with E-state index in [0.717, 1.165) is 26.2 Å². The molecule has 108 valence electrons. The van der Waals surface area contributed by atoms with Crippen LogP contribution in [0.2, 0.25) is 0 Å². The first-order valence-electron chi connectivity index (χ1n) is 7.37. The van der Waals surface area contributed by atoms with E-state index in [9.17, 15) is 0 Å². The predicted molar refractivity (Wildman–Crippen MR) is 92.4 cm³/mol. The Morgan fingerprint density at radius 3 is 2.71 bits per heavy atom. The minimum absolute atomic E-state index is 0.413. The molecular formula is C17H18N2S2. The molecule has 0 spiro atoms. The normalized spacial score (nSPS) is 18.1. The Balaban J connectivity index is 1.77. The molecule has 4 rings (SSSR count). The van der Waals surface area contributed by atoms with Gasteiger partial charge >= 0.3 is 0 Å². The number of hydrogen-bond acceptors (Lipinski definition) is 4. The monoisotopic (exact) mass is 314 g/mol. The first-order valence-corrected chi connectivity index (χ1v) is 9.13. The summed E-state index contributed by atoms with van der Waals surface area (Å²) in [7, 11) is 0. The molecule has 1 aliphatic heterocycles. The van der Waals surface area contributed by atoms with Gasteiger partial charge in [0, 0.05) is 35.8 Å². The van der Waals surface area contributed by atoms with Crippen LogP contribution in [-0.2, 0) is 0 Å². The molecule has 1 aliphatic rings. The Morgan fingerprint density at radius 1 is 1.10 bits per heavy atom. The van der Waals surface area contributed by atoms with E-state index in [1.165, 1.54) is 20.5 Å². The highest BCUT2D eigenvalue weighted by molar-refractivity contribution is 7.19. The minimum atomic E-state index is 0.413. The average molecular weight is 314 g/mol. The highest BCUT2D eigenvalue weighted by Gasteiger charge is 2.25. The van der Waals surface area contributed by atoms with Crippen molar-refractivity contribution in [2.24, 2.45) is 0 Å². The highest BCUT2D eigenvalue weighted by atomic mass is 32.1. The average Bonchev–Trinajstić information content (AvgIpc) is 3.18. The summed E-state index contributed by atoms with van der Waals surface area (Å²) in [6, 6.07) is 13.8. The summed E-state index contributed by atoms with van der Waals surface area (Å²) in [5.74, 6) is 0. The number of fused-ring (bicyclic) bond motifs is 1. The fraction of sp³-hybridized carbons (Fsp3) is 0.294. The Morgan fingerprint density at radius 2 is 1.95 bits per heavy atom.